The SMILES string of the molecule is CCOCCNCC(O)COc1cccc(C#N)c1. The van der Waals surface area contributed by atoms with E-state index in [1.165, 1.54) is 0 Å². The van der Waals surface area contributed by atoms with Crippen molar-refractivity contribution in [2.24, 2.45) is 0 Å². The fourth-order valence-corrected chi connectivity index (χ4v) is 1.46. The average Bonchev–Trinajstić information content (AvgIpc) is 2.45. The molecule has 1 aromatic rings. The largest absolute Gasteiger partial charge is 0.491 e. The van der Waals surface area contributed by atoms with E-state index in [0.717, 1.165) is 0 Å². The molecule has 0 saturated carbocycles. The Hall–Kier alpha value is -1.61. The summed E-state index contributed by atoms with van der Waals surface area (Å²) in [4.78, 5) is 0. The molecule has 19 heavy (non-hydrogen) atoms. The molecule has 1 aromatic carbocycles. The maximum absolute atomic E-state index is 9.70. The zero-order valence-corrected chi connectivity index (χ0v) is 11.1. The Kier molecular flexibility index (Phi) is 7.59. The summed E-state index contributed by atoms with van der Waals surface area (Å²) in [7, 11) is 0. The van der Waals surface area contributed by atoms with Crippen LogP contribution in [0.2, 0.25) is 0 Å². The van der Waals surface area contributed by atoms with Gasteiger partial charge >= 0.3 is 0 Å². The lowest BCUT2D eigenvalue weighted by Gasteiger charge is -2.13. The Labute approximate surface area is 113 Å². The predicted molar refractivity (Wildman–Crippen MR) is 72.0 cm³/mol. The fourth-order valence-electron chi connectivity index (χ4n) is 1.46. The van der Waals surface area contributed by atoms with Crippen LogP contribution in [0.3, 0.4) is 0 Å². The number of nitriles is 1. The second-order valence-corrected chi connectivity index (χ2v) is 4.01. The molecule has 0 aliphatic heterocycles. The number of hydrogen-bond acceptors (Lipinski definition) is 5. The summed E-state index contributed by atoms with van der Waals surface area (Å²) in [5, 5.41) is 21.5. The summed E-state index contributed by atoms with van der Waals surface area (Å²) in [5.74, 6) is 0.590. The number of hydrogen-bond donors (Lipinski definition) is 2. The monoisotopic (exact) mass is 264 g/mol. The molecule has 1 unspecified atom stereocenters. The first-order chi connectivity index (χ1) is 9.26. The molecule has 1 atom stereocenters. The number of benzene rings is 1. The van der Waals surface area contributed by atoms with Crippen LogP contribution in [0.15, 0.2) is 24.3 Å². The Balaban J connectivity index is 2.18. The van der Waals surface area contributed by atoms with Gasteiger partial charge in [-0.15, -0.1) is 0 Å². The van der Waals surface area contributed by atoms with Gasteiger partial charge in [0.2, 0.25) is 0 Å². The van der Waals surface area contributed by atoms with Crippen molar-refractivity contribution in [1.82, 2.24) is 5.32 Å². The highest BCUT2D eigenvalue weighted by Crippen LogP contribution is 2.12. The minimum atomic E-state index is -0.590. The highest BCUT2D eigenvalue weighted by atomic mass is 16.5. The molecule has 0 aromatic heterocycles. The van der Waals surface area contributed by atoms with Gasteiger partial charge in [-0.05, 0) is 25.1 Å². The Morgan fingerprint density at radius 1 is 1.47 bits per heavy atom. The van der Waals surface area contributed by atoms with Crippen molar-refractivity contribution in [1.29, 1.82) is 5.26 Å². The highest BCUT2D eigenvalue weighted by Gasteiger charge is 2.05. The standard InChI is InChI=1S/C14H20N2O3/c1-2-18-7-6-16-10-13(17)11-19-14-5-3-4-12(8-14)9-15/h3-5,8,13,16-17H,2,6-7,10-11H2,1H3. The number of ether oxygens (including phenoxy) is 2. The van der Waals surface area contributed by atoms with Gasteiger partial charge in [0, 0.05) is 19.7 Å². The molecule has 0 aliphatic carbocycles. The summed E-state index contributed by atoms with van der Waals surface area (Å²) in [6.07, 6.45) is -0.590. The molecule has 5 heteroatoms. The lowest BCUT2D eigenvalue weighted by atomic mass is 10.2. The van der Waals surface area contributed by atoms with Crippen molar-refractivity contribution in [2.45, 2.75) is 13.0 Å². The molecule has 0 spiro atoms. The second-order valence-electron chi connectivity index (χ2n) is 4.01. The van der Waals surface area contributed by atoms with Gasteiger partial charge < -0.3 is 19.9 Å². The smallest absolute Gasteiger partial charge is 0.120 e. The van der Waals surface area contributed by atoms with Gasteiger partial charge in [0.15, 0.2) is 0 Å². The zero-order chi connectivity index (χ0) is 13.9. The van der Waals surface area contributed by atoms with Crippen LogP contribution in [-0.4, -0.2) is 44.1 Å². The molecule has 0 bridgehead atoms. The van der Waals surface area contributed by atoms with E-state index < -0.39 is 6.10 Å². The number of nitrogens with one attached hydrogen (secondary N) is 1. The maximum Gasteiger partial charge on any atom is 0.120 e. The van der Waals surface area contributed by atoms with Crippen LogP contribution >= 0.6 is 0 Å². The third kappa shape index (κ3) is 6.77. The van der Waals surface area contributed by atoms with E-state index in [-0.39, 0.29) is 6.61 Å². The predicted octanol–water partition coefficient (Wildman–Crippen LogP) is 0.924. The highest BCUT2D eigenvalue weighted by molar-refractivity contribution is 5.36. The first-order valence-corrected chi connectivity index (χ1v) is 6.35. The van der Waals surface area contributed by atoms with Crippen LogP contribution in [0.4, 0.5) is 0 Å². The van der Waals surface area contributed by atoms with Crippen LogP contribution in [0.25, 0.3) is 0 Å². The molecule has 104 valence electrons. The number of rotatable bonds is 9. The maximum atomic E-state index is 9.70. The lowest BCUT2D eigenvalue weighted by Crippen LogP contribution is -2.33. The summed E-state index contributed by atoms with van der Waals surface area (Å²) in [6, 6.07) is 8.91. The fraction of sp³-hybridized carbons (Fsp3) is 0.500. The van der Waals surface area contributed by atoms with E-state index in [2.05, 4.69) is 5.32 Å². The average molecular weight is 264 g/mol. The van der Waals surface area contributed by atoms with E-state index in [1.54, 1.807) is 24.3 Å². The van der Waals surface area contributed by atoms with Crippen molar-refractivity contribution < 1.29 is 14.6 Å². The topological polar surface area (TPSA) is 74.5 Å². The number of aliphatic hydroxyl groups is 1. The third-order valence-electron chi connectivity index (χ3n) is 2.41. The van der Waals surface area contributed by atoms with E-state index in [9.17, 15) is 5.11 Å². The van der Waals surface area contributed by atoms with Crippen LogP contribution in [0, 0.1) is 11.3 Å². The van der Waals surface area contributed by atoms with Crippen LogP contribution in [-0.2, 0) is 4.74 Å². The molecule has 0 heterocycles. The summed E-state index contributed by atoms with van der Waals surface area (Å²) in [6.45, 7) is 4.62. The van der Waals surface area contributed by atoms with Gasteiger partial charge in [0.1, 0.15) is 18.5 Å². The molecule has 5 nitrogen and oxygen atoms in total. The molecule has 0 radical (unpaired) electrons. The van der Waals surface area contributed by atoms with Crippen molar-refractivity contribution in [2.75, 3.05) is 32.9 Å². The molecule has 0 amide bonds. The molecule has 0 aliphatic rings. The Bertz CT molecular complexity index is 404. The molecule has 2 N–H and O–H groups in total. The molecule has 1 rings (SSSR count). The number of aliphatic hydroxyl groups excluding tert-OH is 1. The Morgan fingerprint density at radius 2 is 2.32 bits per heavy atom. The van der Waals surface area contributed by atoms with Crippen molar-refractivity contribution in [3.05, 3.63) is 29.8 Å². The van der Waals surface area contributed by atoms with Crippen molar-refractivity contribution in [3.63, 3.8) is 0 Å². The van der Waals surface area contributed by atoms with Gasteiger partial charge in [-0.2, -0.15) is 5.26 Å². The van der Waals surface area contributed by atoms with E-state index >= 15 is 0 Å². The van der Waals surface area contributed by atoms with Crippen molar-refractivity contribution >= 4 is 0 Å². The van der Waals surface area contributed by atoms with Crippen molar-refractivity contribution in [3.8, 4) is 11.8 Å². The van der Waals surface area contributed by atoms with E-state index in [1.807, 2.05) is 13.0 Å². The molecular weight excluding hydrogens is 244 g/mol. The first-order valence-electron chi connectivity index (χ1n) is 6.35. The zero-order valence-electron chi connectivity index (χ0n) is 11.1. The van der Waals surface area contributed by atoms with Crippen LogP contribution in [0.1, 0.15) is 12.5 Å². The van der Waals surface area contributed by atoms with Crippen LogP contribution in [0.5, 0.6) is 5.75 Å². The van der Waals surface area contributed by atoms with Gasteiger partial charge in [0.25, 0.3) is 0 Å². The second kappa shape index (κ2) is 9.34. The Morgan fingerprint density at radius 3 is 3.05 bits per heavy atom. The molecule has 0 saturated heterocycles. The van der Waals surface area contributed by atoms with E-state index in [4.69, 9.17) is 14.7 Å². The lowest BCUT2D eigenvalue weighted by molar-refractivity contribution is 0.100. The third-order valence-corrected chi connectivity index (χ3v) is 2.41. The van der Waals surface area contributed by atoms with Crippen LogP contribution < -0.4 is 10.1 Å². The summed E-state index contributed by atoms with van der Waals surface area (Å²) < 4.78 is 10.6. The quantitative estimate of drug-likeness (QED) is 0.649. The minimum Gasteiger partial charge on any atom is -0.491 e. The minimum absolute atomic E-state index is 0.191. The molecule has 0 fully saturated rings. The van der Waals surface area contributed by atoms with Gasteiger partial charge in [-0.3, -0.25) is 0 Å². The number of nitrogens with zero attached hydrogens (tertiary/aromatic N) is 1. The summed E-state index contributed by atoms with van der Waals surface area (Å²) in [5.41, 5.74) is 0.543. The van der Waals surface area contributed by atoms with Gasteiger partial charge in [0.05, 0.1) is 18.2 Å². The van der Waals surface area contributed by atoms with E-state index in [0.29, 0.717) is 37.6 Å². The molecular formula is C14H20N2O3. The first kappa shape index (κ1) is 15.4. The van der Waals surface area contributed by atoms with Gasteiger partial charge in [-0.25, -0.2) is 0 Å². The normalized spacial score (nSPS) is 11.8. The van der Waals surface area contributed by atoms with Gasteiger partial charge in [-0.1, -0.05) is 6.07 Å². The summed E-state index contributed by atoms with van der Waals surface area (Å²) >= 11 is 0.